The molecule has 0 saturated carbocycles. The lowest BCUT2D eigenvalue weighted by Gasteiger charge is -2.10. The molecule has 0 aromatic carbocycles. The van der Waals surface area contributed by atoms with Gasteiger partial charge >= 0.3 is 0 Å². The van der Waals surface area contributed by atoms with Gasteiger partial charge in [0.25, 0.3) is 0 Å². The molecule has 0 spiro atoms. The van der Waals surface area contributed by atoms with E-state index in [1.165, 1.54) is 0 Å². The molecule has 1 rings (SSSR count). The summed E-state index contributed by atoms with van der Waals surface area (Å²) in [5.74, 6) is 1.87. The molecule has 1 aromatic rings. The van der Waals surface area contributed by atoms with Crippen LogP contribution in [0, 0.1) is 6.92 Å². The van der Waals surface area contributed by atoms with Gasteiger partial charge in [-0.25, -0.2) is 0 Å². The predicted molar refractivity (Wildman–Crippen MR) is 65.6 cm³/mol. The van der Waals surface area contributed by atoms with Gasteiger partial charge < -0.3 is 10.5 Å². The summed E-state index contributed by atoms with van der Waals surface area (Å²) in [5, 5.41) is 0. The summed E-state index contributed by atoms with van der Waals surface area (Å²) in [6.07, 6.45) is 2.84. The van der Waals surface area contributed by atoms with Crippen LogP contribution in [0.4, 0.5) is 0 Å². The lowest BCUT2D eigenvalue weighted by atomic mass is 10.2. The van der Waals surface area contributed by atoms with Crippen LogP contribution >= 0.6 is 11.8 Å². The normalized spacial score (nSPS) is 10.3. The van der Waals surface area contributed by atoms with Crippen LogP contribution in [-0.4, -0.2) is 30.1 Å². The molecule has 0 fully saturated rings. The van der Waals surface area contributed by atoms with Gasteiger partial charge in [-0.1, -0.05) is 0 Å². The summed E-state index contributed by atoms with van der Waals surface area (Å²) in [6.45, 7) is 3.31. The topological polar surface area (TPSA) is 48.1 Å². The smallest absolute Gasteiger partial charge is 0.140 e. The van der Waals surface area contributed by atoms with Gasteiger partial charge in [0.2, 0.25) is 0 Å². The number of nitrogens with two attached hydrogens (primary N) is 1. The third-order valence-corrected chi connectivity index (χ3v) is 2.57. The Labute approximate surface area is 95.4 Å². The van der Waals surface area contributed by atoms with Crippen molar-refractivity contribution in [3.05, 3.63) is 23.5 Å². The van der Waals surface area contributed by atoms with Crippen molar-refractivity contribution in [1.82, 2.24) is 4.98 Å². The number of hydrogen-bond donors (Lipinski definition) is 1. The quantitative estimate of drug-likeness (QED) is 0.749. The Kier molecular flexibility index (Phi) is 5.50. The first-order valence-electron chi connectivity index (χ1n) is 5.06. The van der Waals surface area contributed by atoms with E-state index in [1.54, 1.807) is 11.8 Å². The first kappa shape index (κ1) is 12.3. The lowest BCUT2D eigenvalue weighted by molar-refractivity contribution is 0.338. The van der Waals surface area contributed by atoms with Crippen LogP contribution in [0.3, 0.4) is 0 Å². The molecule has 0 saturated heterocycles. The summed E-state index contributed by atoms with van der Waals surface area (Å²) < 4.78 is 5.65. The lowest BCUT2D eigenvalue weighted by Crippen LogP contribution is -2.09. The minimum absolute atomic E-state index is 0.606. The number of rotatable bonds is 6. The monoisotopic (exact) mass is 226 g/mol. The van der Waals surface area contributed by atoms with Gasteiger partial charge in [-0.3, -0.25) is 4.98 Å². The Bertz CT molecular complexity index is 305. The van der Waals surface area contributed by atoms with Crippen LogP contribution in [0.25, 0.3) is 0 Å². The molecule has 0 bridgehead atoms. The van der Waals surface area contributed by atoms with Gasteiger partial charge in [0.1, 0.15) is 5.75 Å². The summed E-state index contributed by atoms with van der Waals surface area (Å²) in [7, 11) is 0. The number of thioether (sulfide) groups is 1. The fraction of sp³-hybridized carbons (Fsp3) is 0.545. The van der Waals surface area contributed by atoms with E-state index >= 15 is 0 Å². The van der Waals surface area contributed by atoms with Crippen LogP contribution in [0.15, 0.2) is 12.1 Å². The predicted octanol–water partition coefficient (Wildman–Crippen LogP) is 1.63. The van der Waals surface area contributed by atoms with E-state index in [0.29, 0.717) is 6.54 Å². The van der Waals surface area contributed by atoms with Gasteiger partial charge in [-0.2, -0.15) is 11.8 Å². The highest BCUT2D eigenvalue weighted by Crippen LogP contribution is 2.17. The first-order valence-corrected chi connectivity index (χ1v) is 6.45. The van der Waals surface area contributed by atoms with Crippen molar-refractivity contribution in [1.29, 1.82) is 0 Å². The van der Waals surface area contributed by atoms with Crippen molar-refractivity contribution in [3.8, 4) is 5.75 Å². The Hall–Kier alpha value is -0.740. The van der Waals surface area contributed by atoms with Gasteiger partial charge in [0.05, 0.1) is 12.3 Å². The molecule has 4 heteroatoms. The van der Waals surface area contributed by atoms with Crippen molar-refractivity contribution in [2.24, 2.45) is 5.73 Å². The summed E-state index contributed by atoms with van der Waals surface area (Å²) in [4.78, 5) is 4.43. The summed E-state index contributed by atoms with van der Waals surface area (Å²) in [6, 6.07) is 3.95. The second kappa shape index (κ2) is 6.69. The molecular formula is C11H18N2OS. The van der Waals surface area contributed by atoms with Gasteiger partial charge in [-0.15, -0.1) is 0 Å². The molecule has 0 aliphatic rings. The highest BCUT2D eigenvalue weighted by atomic mass is 32.2. The van der Waals surface area contributed by atoms with E-state index in [2.05, 4.69) is 11.2 Å². The van der Waals surface area contributed by atoms with E-state index in [4.69, 9.17) is 10.5 Å². The number of aryl methyl sites for hydroxylation is 1. The second-order valence-electron chi connectivity index (χ2n) is 3.28. The van der Waals surface area contributed by atoms with Crippen LogP contribution in [-0.2, 0) is 6.42 Å². The van der Waals surface area contributed by atoms with E-state index in [1.807, 2.05) is 19.1 Å². The van der Waals surface area contributed by atoms with E-state index in [-0.39, 0.29) is 0 Å². The Balaban J connectivity index is 2.67. The molecular weight excluding hydrogens is 208 g/mol. The highest BCUT2D eigenvalue weighted by Gasteiger charge is 2.04. The molecule has 2 N–H and O–H groups in total. The van der Waals surface area contributed by atoms with Crippen LogP contribution in [0.2, 0.25) is 0 Å². The first-order chi connectivity index (χ1) is 7.27. The third-order valence-electron chi connectivity index (χ3n) is 2.00. The molecule has 15 heavy (non-hydrogen) atoms. The fourth-order valence-electron chi connectivity index (χ4n) is 1.28. The molecule has 0 unspecified atom stereocenters. The SMILES string of the molecule is CSCCOc1ccc(C)nc1CCN. The van der Waals surface area contributed by atoms with Crippen molar-refractivity contribution < 1.29 is 4.74 Å². The van der Waals surface area contributed by atoms with Crippen molar-refractivity contribution >= 4 is 11.8 Å². The van der Waals surface area contributed by atoms with Crippen molar-refractivity contribution in [3.63, 3.8) is 0 Å². The van der Waals surface area contributed by atoms with Crippen LogP contribution in [0.5, 0.6) is 5.75 Å². The van der Waals surface area contributed by atoms with E-state index in [9.17, 15) is 0 Å². The second-order valence-corrected chi connectivity index (χ2v) is 4.26. The van der Waals surface area contributed by atoms with Gasteiger partial charge in [0.15, 0.2) is 0 Å². The third kappa shape index (κ3) is 4.10. The molecule has 0 atom stereocenters. The highest BCUT2D eigenvalue weighted by molar-refractivity contribution is 7.98. The molecule has 84 valence electrons. The van der Waals surface area contributed by atoms with Crippen LogP contribution < -0.4 is 10.5 Å². The Morgan fingerprint density at radius 3 is 2.93 bits per heavy atom. The van der Waals surface area contributed by atoms with Crippen molar-refractivity contribution in [2.75, 3.05) is 25.2 Å². The van der Waals surface area contributed by atoms with Gasteiger partial charge in [-0.05, 0) is 31.9 Å². The molecule has 1 heterocycles. The zero-order valence-electron chi connectivity index (χ0n) is 9.32. The number of aromatic nitrogens is 1. The number of pyridine rings is 1. The minimum Gasteiger partial charge on any atom is -0.491 e. The maximum Gasteiger partial charge on any atom is 0.140 e. The molecule has 0 amide bonds. The minimum atomic E-state index is 0.606. The molecule has 3 nitrogen and oxygen atoms in total. The van der Waals surface area contributed by atoms with Crippen molar-refractivity contribution in [2.45, 2.75) is 13.3 Å². The summed E-state index contributed by atoms with van der Waals surface area (Å²) >= 11 is 1.77. The molecule has 0 aliphatic carbocycles. The average molecular weight is 226 g/mol. The Morgan fingerprint density at radius 1 is 1.47 bits per heavy atom. The number of hydrogen-bond acceptors (Lipinski definition) is 4. The molecule has 1 aromatic heterocycles. The molecule has 0 aliphatic heterocycles. The zero-order chi connectivity index (χ0) is 11.1. The maximum absolute atomic E-state index is 5.65. The summed E-state index contributed by atoms with van der Waals surface area (Å²) in [5.41, 5.74) is 7.52. The largest absolute Gasteiger partial charge is 0.491 e. The van der Waals surface area contributed by atoms with Crippen LogP contribution in [0.1, 0.15) is 11.4 Å². The average Bonchev–Trinajstić information content (AvgIpc) is 2.22. The number of nitrogens with zero attached hydrogens (tertiary/aromatic N) is 1. The fourth-order valence-corrected chi connectivity index (χ4v) is 1.53. The standard InChI is InChI=1S/C11H18N2OS/c1-9-3-4-11(14-7-8-15-2)10(13-9)5-6-12/h3-4H,5-8,12H2,1-2H3. The van der Waals surface area contributed by atoms with E-state index < -0.39 is 0 Å². The van der Waals surface area contributed by atoms with E-state index in [0.717, 1.165) is 35.9 Å². The number of ether oxygens (including phenoxy) is 1. The maximum atomic E-state index is 5.65. The zero-order valence-corrected chi connectivity index (χ0v) is 10.1. The Morgan fingerprint density at radius 2 is 2.27 bits per heavy atom. The molecule has 0 radical (unpaired) electrons. The van der Waals surface area contributed by atoms with Gasteiger partial charge in [0, 0.05) is 17.9 Å².